The average Bonchev–Trinajstić information content (AvgIpc) is 3.17. The van der Waals surface area contributed by atoms with Gasteiger partial charge < -0.3 is 16.0 Å². The quantitative estimate of drug-likeness (QED) is 0.892. The first-order chi connectivity index (χ1) is 10.8. The number of rotatable bonds is 3. The molecule has 0 bridgehead atoms. The molecule has 1 aromatic heterocycles. The van der Waals surface area contributed by atoms with E-state index < -0.39 is 0 Å². The van der Waals surface area contributed by atoms with E-state index >= 15 is 0 Å². The molecular weight excluding hydrogens is 274 g/mol. The molecule has 0 spiro atoms. The molecule has 0 saturated carbocycles. The summed E-state index contributed by atoms with van der Waals surface area (Å²) in [4.78, 5) is 2.36. The number of nitrogens with zero attached hydrogens (tertiary/aromatic N) is 3. The molecule has 2 saturated heterocycles. The molecule has 3 heterocycles. The van der Waals surface area contributed by atoms with Crippen LogP contribution in [0.5, 0.6) is 0 Å². The molecule has 4 rings (SSSR count). The van der Waals surface area contributed by atoms with Crippen LogP contribution in [0.1, 0.15) is 5.56 Å². The van der Waals surface area contributed by atoms with Crippen molar-refractivity contribution < 1.29 is 0 Å². The second-order valence-corrected chi connectivity index (χ2v) is 6.26. The third-order valence-electron chi connectivity index (χ3n) is 4.82. The fraction of sp³-hybridized carbons (Fsp3) is 0.412. The number of aromatic nitrogens is 2. The Morgan fingerprint density at radius 1 is 1.09 bits per heavy atom. The number of nitrogens with two attached hydrogens (primary N) is 1. The largest absolute Gasteiger partial charge is 0.354 e. The Balaban J connectivity index is 1.53. The van der Waals surface area contributed by atoms with Crippen molar-refractivity contribution in [3.8, 4) is 11.3 Å². The van der Waals surface area contributed by atoms with E-state index in [1.807, 2.05) is 12.1 Å². The predicted octanol–water partition coefficient (Wildman–Crippen LogP) is 1.26. The van der Waals surface area contributed by atoms with Gasteiger partial charge in [-0.15, -0.1) is 10.2 Å². The smallest absolute Gasteiger partial charge is 0.151 e. The minimum Gasteiger partial charge on any atom is -0.354 e. The summed E-state index contributed by atoms with van der Waals surface area (Å²) in [5.74, 6) is 2.53. The standard InChI is InChI=1S/C17H21N5/c18-7-12-2-1-3-13(6-12)16-4-5-17(21-20-16)22-10-14-8-19-9-15(14)11-22/h1-6,14-15,19H,7-11,18H2. The molecular formula is C17H21N5. The summed E-state index contributed by atoms with van der Waals surface area (Å²) in [6.45, 7) is 5.00. The number of hydrogen-bond donors (Lipinski definition) is 2. The van der Waals surface area contributed by atoms with Gasteiger partial charge in [0.05, 0.1) is 5.69 Å². The summed E-state index contributed by atoms with van der Waals surface area (Å²) in [6.07, 6.45) is 0. The molecule has 2 fully saturated rings. The van der Waals surface area contributed by atoms with Crippen LogP contribution in [0, 0.1) is 11.8 Å². The van der Waals surface area contributed by atoms with Gasteiger partial charge in [0.1, 0.15) is 0 Å². The Kier molecular flexibility index (Phi) is 3.52. The first-order valence-corrected chi connectivity index (χ1v) is 7.92. The Hall–Kier alpha value is -1.98. The highest BCUT2D eigenvalue weighted by atomic mass is 15.3. The highest BCUT2D eigenvalue weighted by Crippen LogP contribution is 2.29. The van der Waals surface area contributed by atoms with Gasteiger partial charge in [-0.1, -0.05) is 18.2 Å². The van der Waals surface area contributed by atoms with E-state index in [1.54, 1.807) is 0 Å². The first kappa shape index (κ1) is 13.7. The van der Waals surface area contributed by atoms with Crippen molar-refractivity contribution in [3.05, 3.63) is 42.0 Å². The molecule has 1 aromatic carbocycles. The van der Waals surface area contributed by atoms with Gasteiger partial charge in [-0.2, -0.15) is 0 Å². The second-order valence-electron chi connectivity index (χ2n) is 6.26. The highest BCUT2D eigenvalue weighted by molar-refractivity contribution is 5.60. The van der Waals surface area contributed by atoms with Gasteiger partial charge in [-0.25, -0.2) is 0 Å². The number of hydrogen-bond acceptors (Lipinski definition) is 5. The van der Waals surface area contributed by atoms with Crippen molar-refractivity contribution in [2.75, 3.05) is 31.1 Å². The molecule has 0 amide bonds. The predicted molar refractivity (Wildman–Crippen MR) is 87.4 cm³/mol. The molecule has 2 unspecified atom stereocenters. The Morgan fingerprint density at radius 3 is 2.59 bits per heavy atom. The molecule has 0 aliphatic carbocycles. The Bertz CT molecular complexity index is 642. The van der Waals surface area contributed by atoms with Crippen LogP contribution in [0.15, 0.2) is 36.4 Å². The van der Waals surface area contributed by atoms with E-state index in [2.05, 4.69) is 44.7 Å². The van der Waals surface area contributed by atoms with Crippen LogP contribution < -0.4 is 16.0 Å². The van der Waals surface area contributed by atoms with Crippen molar-refractivity contribution in [2.45, 2.75) is 6.54 Å². The topological polar surface area (TPSA) is 67.1 Å². The summed E-state index contributed by atoms with van der Waals surface area (Å²) in [5.41, 5.74) is 8.79. The lowest BCUT2D eigenvalue weighted by molar-refractivity contribution is 0.533. The van der Waals surface area contributed by atoms with Crippen molar-refractivity contribution in [1.29, 1.82) is 0 Å². The van der Waals surface area contributed by atoms with Gasteiger partial charge in [-0.3, -0.25) is 0 Å². The van der Waals surface area contributed by atoms with Crippen LogP contribution in [0.3, 0.4) is 0 Å². The van der Waals surface area contributed by atoms with Gasteiger partial charge in [0.15, 0.2) is 5.82 Å². The molecule has 2 aliphatic rings. The fourth-order valence-corrected chi connectivity index (χ4v) is 3.55. The van der Waals surface area contributed by atoms with Crippen LogP contribution in [-0.4, -0.2) is 36.4 Å². The minimum absolute atomic E-state index is 0.546. The summed E-state index contributed by atoms with van der Waals surface area (Å²) < 4.78 is 0. The van der Waals surface area contributed by atoms with Gasteiger partial charge >= 0.3 is 0 Å². The highest BCUT2D eigenvalue weighted by Gasteiger charge is 2.36. The monoisotopic (exact) mass is 295 g/mol. The van der Waals surface area contributed by atoms with E-state index in [9.17, 15) is 0 Å². The third kappa shape index (κ3) is 2.46. The first-order valence-electron chi connectivity index (χ1n) is 7.92. The van der Waals surface area contributed by atoms with E-state index in [4.69, 9.17) is 5.73 Å². The maximum Gasteiger partial charge on any atom is 0.151 e. The summed E-state index contributed by atoms with van der Waals surface area (Å²) in [5, 5.41) is 12.3. The summed E-state index contributed by atoms with van der Waals surface area (Å²) in [7, 11) is 0. The molecule has 2 aromatic rings. The SMILES string of the molecule is NCc1cccc(-c2ccc(N3CC4CNCC4C3)nn2)c1. The number of anilines is 1. The lowest BCUT2D eigenvalue weighted by atomic mass is 10.0. The van der Waals surface area contributed by atoms with Gasteiger partial charge in [0, 0.05) is 38.3 Å². The van der Waals surface area contributed by atoms with Crippen molar-refractivity contribution >= 4 is 5.82 Å². The van der Waals surface area contributed by atoms with Crippen LogP contribution in [0.2, 0.25) is 0 Å². The molecule has 0 radical (unpaired) electrons. The van der Waals surface area contributed by atoms with Gasteiger partial charge in [-0.05, 0) is 35.6 Å². The molecule has 3 N–H and O–H groups in total. The third-order valence-corrected chi connectivity index (χ3v) is 4.82. The van der Waals surface area contributed by atoms with Crippen LogP contribution >= 0.6 is 0 Å². The Labute approximate surface area is 130 Å². The Morgan fingerprint density at radius 2 is 1.91 bits per heavy atom. The molecule has 2 aliphatic heterocycles. The zero-order valence-electron chi connectivity index (χ0n) is 12.6. The van der Waals surface area contributed by atoms with Crippen molar-refractivity contribution in [1.82, 2.24) is 15.5 Å². The lowest BCUT2D eigenvalue weighted by Gasteiger charge is -2.17. The zero-order valence-corrected chi connectivity index (χ0v) is 12.6. The molecule has 5 nitrogen and oxygen atoms in total. The second kappa shape index (κ2) is 5.66. The van der Waals surface area contributed by atoms with E-state index in [0.29, 0.717) is 6.54 Å². The van der Waals surface area contributed by atoms with Gasteiger partial charge in [0.2, 0.25) is 0 Å². The van der Waals surface area contributed by atoms with Gasteiger partial charge in [0.25, 0.3) is 0 Å². The molecule has 2 atom stereocenters. The maximum absolute atomic E-state index is 5.70. The van der Waals surface area contributed by atoms with Crippen LogP contribution in [-0.2, 0) is 6.54 Å². The minimum atomic E-state index is 0.546. The normalized spacial score (nSPS) is 23.8. The maximum atomic E-state index is 5.70. The number of fused-ring (bicyclic) bond motifs is 1. The molecule has 5 heteroatoms. The lowest BCUT2D eigenvalue weighted by Crippen LogP contribution is -2.26. The van der Waals surface area contributed by atoms with Crippen molar-refractivity contribution in [2.24, 2.45) is 17.6 Å². The molecule has 114 valence electrons. The van der Waals surface area contributed by atoms with E-state index in [-0.39, 0.29) is 0 Å². The zero-order chi connectivity index (χ0) is 14.9. The van der Waals surface area contributed by atoms with Crippen molar-refractivity contribution in [3.63, 3.8) is 0 Å². The van der Waals surface area contributed by atoms with E-state index in [1.165, 1.54) is 0 Å². The number of nitrogens with one attached hydrogen (secondary N) is 1. The number of benzene rings is 1. The molecule has 22 heavy (non-hydrogen) atoms. The fourth-order valence-electron chi connectivity index (χ4n) is 3.55. The summed E-state index contributed by atoms with van der Waals surface area (Å²) >= 11 is 0. The average molecular weight is 295 g/mol. The van der Waals surface area contributed by atoms with E-state index in [0.717, 1.165) is 60.7 Å². The summed E-state index contributed by atoms with van der Waals surface area (Å²) in [6, 6.07) is 12.3. The van der Waals surface area contributed by atoms with Crippen LogP contribution in [0.25, 0.3) is 11.3 Å². The van der Waals surface area contributed by atoms with Crippen LogP contribution in [0.4, 0.5) is 5.82 Å².